The van der Waals surface area contributed by atoms with Crippen molar-refractivity contribution in [3.8, 4) is 0 Å². The summed E-state index contributed by atoms with van der Waals surface area (Å²) < 4.78 is 6.29. The van der Waals surface area contributed by atoms with E-state index in [1.165, 1.54) is 16.8 Å². The Hall–Kier alpha value is -2.97. The summed E-state index contributed by atoms with van der Waals surface area (Å²) in [6, 6.07) is 4.00. The van der Waals surface area contributed by atoms with Crippen molar-refractivity contribution >= 4 is 11.8 Å². The molecule has 2 aromatic heterocycles. The van der Waals surface area contributed by atoms with Gasteiger partial charge in [-0.2, -0.15) is 5.10 Å². The van der Waals surface area contributed by atoms with Gasteiger partial charge in [-0.15, -0.1) is 0 Å². The van der Waals surface area contributed by atoms with Crippen LogP contribution in [0.15, 0.2) is 36.8 Å². The zero-order chi connectivity index (χ0) is 14.5. The molecule has 0 saturated heterocycles. The van der Waals surface area contributed by atoms with E-state index in [-0.39, 0.29) is 12.3 Å². The third-order valence-electron chi connectivity index (χ3n) is 2.55. The van der Waals surface area contributed by atoms with Gasteiger partial charge in [0, 0.05) is 18.5 Å². The number of amides is 1. The molecule has 0 bridgehead atoms. The van der Waals surface area contributed by atoms with Crippen molar-refractivity contribution in [2.24, 2.45) is 5.73 Å². The molecule has 2 rings (SSSR count). The number of carbonyl (C=O) groups excluding carboxylic acids is 1. The summed E-state index contributed by atoms with van der Waals surface area (Å²) in [5.74, 6) is 0. The zero-order valence-corrected chi connectivity index (χ0v) is 10.2. The Morgan fingerprint density at radius 2 is 2.35 bits per heavy atom. The lowest BCUT2D eigenvalue weighted by molar-refractivity contribution is -0.385. The first-order valence-electron chi connectivity index (χ1n) is 5.59. The molecule has 0 fully saturated rings. The number of carbonyl (C=O) groups is 1. The first kappa shape index (κ1) is 13.5. The molecule has 0 saturated carbocycles. The minimum Gasteiger partial charge on any atom is -0.447 e. The fourth-order valence-corrected chi connectivity index (χ4v) is 1.63. The Morgan fingerprint density at radius 3 is 2.85 bits per heavy atom. The van der Waals surface area contributed by atoms with Gasteiger partial charge in [-0.3, -0.25) is 19.8 Å². The van der Waals surface area contributed by atoms with Crippen LogP contribution in [0.5, 0.6) is 0 Å². The van der Waals surface area contributed by atoms with E-state index in [9.17, 15) is 14.9 Å². The maximum absolute atomic E-state index is 10.7. The summed E-state index contributed by atoms with van der Waals surface area (Å²) in [5, 5.41) is 14.6. The van der Waals surface area contributed by atoms with Gasteiger partial charge in [-0.25, -0.2) is 4.79 Å². The highest BCUT2D eigenvalue weighted by atomic mass is 16.6. The number of hydrogen-bond donors (Lipinski definition) is 1. The van der Waals surface area contributed by atoms with Crippen LogP contribution in [0.2, 0.25) is 0 Å². The van der Waals surface area contributed by atoms with E-state index in [2.05, 4.69) is 10.1 Å². The van der Waals surface area contributed by atoms with Crippen molar-refractivity contribution < 1.29 is 14.5 Å². The predicted octanol–water partition coefficient (Wildman–Crippen LogP) is 0.871. The number of hydrogen-bond acceptors (Lipinski definition) is 6. The van der Waals surface area contributed by atoms with Crippen LogP contribution in [-0.2, 0) is 4.74 Å². The van der Waals surface area contributed by atoms with Gasteiger partial charge in [0.15, 0.2) is 0 Å². The van der Waals surface area contributed by atoms with Crippen molar-refractivity contribution in [1.29, 1.82) is 0 Å². The van der Waals surface area contributed by atoms with E-state index >= 15 is 0 Å². The molecule has 2 N–H and O–H groups in total. The summed E-state index contributed by atoms with van der Waals surface area (Å²) in [4.78, 5) is 24.8. The molecular formula is C11H11N5O4. The Labute approximate surface area is 113 Å². The molecule has 104 valence electrons. The van der Waals surface area contributed by atoms with Gasteiger partial charge in [-0.05, 0) is 12.1 Å². The molecule has 9 nitrogen and oxygen atoms in total. The second kappa shape index (κ2) is 5.78. The summed E-state index contributed by atoms with van der Waals surface area (Å²) in [5.41, 5.74) is 5.29. The number of nitro groups is 1. The van der Waals surface area contributed by atoms with Crippen LogP contribution in [0.1, 0.15) is 11.7 Å². The largest absolute Gasteiger partial charge is 0.447 e. The molecule has 2 aromatic rings. The number of aromatic nitrogens is 3. The van der Waals surface area contributed by atoms with Crippen molar-refractivity contribution in [1.82, 2.24) is 14.8 Å². The molecule has 0 aliphatic heterocycles. The lowest BCUT2D eigenvalue weighted by atomic mass is 10.2. The van der Waals surface area contributed by atoms with Gasteiger partial charge in [0.1, 0.15) is 18.8 Å². The van der Waals surface area contributed by atoms with Crippen molar-refractivity contribution in [2.75, 3.05) is 6.61 Å². The van der Waals surface area contributed by atoms with Crippen LogP contribution in [0.25, 0.3) is 0 Å². The van der Waals surface area contributed by atoms with Crippen LogP contribution in [-0.4, -0.2) is 32.4 Å². The predicted molar refractivity (Wildman–Crippen MR) is 66.8 cm³/mol. The lowest BCUT2D eigenvalue weighted by Gasteiger charge is -2.16. The Balaban J connectivity index is 2.26. The van der Waals surface area contributed by atoms with Gasteiger partial charge in [0.05, 0.1) is 10.6 Å². The zero-order valence-electron chi connectivity index (χ0n) is 10.2. The van der Waals surface area contributed by atoms with Gasteiger partial charge in [0.2, 0.25) is 0 Å². The third kappa shape index (κ3) is 3.07. The van der Waals surface area contributed by atoms with E-state index < -0.39 is 17.1 Å². The molecule has 0 radical (unpaired) electrons. The van der Waals surface area contributed by atoms with E-state index in [0.29, 0.717) is 5.69 Å². The number of primary amides is 1. The molecule has 1 unspecified atom stereocenters. The van der Waals surface area contributed by atoms with Crippen LogP contribution >= 0.6 is 0 Å². The highest BCUT2D eigenvalue weighted by Gasteiger charge is 2.18. The monoisotopic (exact) mass is 277 g/mol. The van der Waals surface area contributed by atoms with Crippen LogP contribution < -0.4 is 5.73 Å². The Kier molecular flexibility index (Phi) is 3.89. The quantitative estimate of drug-likeness (QED) is 0.638. The Bertz CT molecular complexity index is 596. The summed E-state index contributed by atoms with van der Waals surface area (Å²) in [6.07, 6.45) is 3.45. The fraction of sp³-hybridized carbons (Fsp3) is 0.182. The molecule has 0 spiro atoms. The molecule has 1 atom stereocenters. The highest BCUT2D eigenvalue weighted by molar-refractivity contribution is 5.64. The summed E-state index contributed by atoms with van der Waals surface area (Å²) >= 11 is 0. The van der Waals surface area contributed by atoms with Crippen molar-refractivity contribution in [3.63, 3.8) is 0 Å². The summed E-state index contributed by atoms with van der Waals surface area (Å²) in [7, 11) is 0. The van der Waals surface area contributed by atoms with Gasteiger partial charge >= 0.3 is 6.09 Å². The molecule has 0 aliphatic rings. The molecule has 1 amide bonds. The minimum atomic E-state index is -0.913. The average molecular weight is 277 g/mol. The maximum Gasteiger partial charge on any atom is 0.404 e. The molecular weight excluding hydrogens is 266 g/mol. The van der Waals surface area contributed by atoms with Crippen LogP contribution in [0.3, 0.4) is 0 Å². The van der Waals surface area contributed by atoms with E-state index in [0.717, 1.165) is 6.20 Å². The molecule has 9 heteroatoms. The fourth-order valence-electron chi connectivity index (χ4n) is 1.63. The standard InChI is InChI=1S/C11H11N5O4/c12-11(17)20-7-10(15-5-1-4-14-15)9-3-2-8(6-13-9)16(18)19/h1-6,10H,7H2,(H2,12,17). The Morgan fingerprint density at radius 1 is 1.55 bits per heavy atom. The number of rotatable bonds is 5. The second-order valence-electron chi connectivity index (χ2n) is 3.83. The lowest BCUT2D eigenvalue weighted by Crippen LogP contribution is -2.23. The topological polar surface area (TPSA) is 126 Å². The first-order valence-corrected chi connectivity index (χ1v) is 5.59. The van der Waals surface area contributed by atoms with Crippen molar-refractivity contribution in [3.05, 3.63) is 52.6 Å². The number of nitrogens with zero attached hydrogens (tertiary/aromatic N) is 4. The summed E-state index contributed by atoms with van der Waals surface area (Å²) in [6.45, 7) is -0.0676. The molecule has 0 aromatic carbocycles. The highest BCUT2D eigenvalue weighted by Crippen LogP contribution is 2.18. The smallest absolute Gasteiger partial charge is 0.404 e. The molecule has 0 aliphatic carbocycles. The van der Waals surface area contributed by atoms with Crippen LogP contribution in [0.4, 0.5) is 10.5 Å². The second-order valence-corrected chi connectivity index (χ2v) is 3.83. The number of pyridine rings is 1. The van der Waals surface area contributed by atoms with E-state index in [1.54, 1.807) is 18.5 Å². The van der Waals surface area contributed by atoms with Gasteiger partial charge in [-0.1, -0.05) is 0 Å². The van der Waals surface area contributed by atoms with E-state index in [4.69, 9.17) is 10.5 Å². The van der Waals surface area contributed by atoms with Gasteiger partial charge in [0.25, 0.3) is 5.69 Å². The average Bonchev–Trinajstić information content (AvgIpc) is 2.93. The number of ether oxygens (including phenoxy) is 1. The maximum atomic E-state index is 10.7. The SMILES string of the molecule is NC(=O)OCC(c1ccc([N+](=O)[O-])cn1)n1cccn1. The van der Waals surface area contributed by atoms with Gasteiger partial charge < -0.3 is 10.5 Å². The van der Waals surface area contributed by atoms with Crippen molar-refractivity contribution in [2.45, 2.75) is 6.04 Å². The molecule has 2 heterocycles. The normalized spacial score (nSPS) is 11.8. The third-order valence-corrected chi connectivity index (χ3v) is 2.55. The minimum absolute atomic E-state index is 0.0676. The van der Waals surface area contributed by atoms with Crippen LogP contribution in [0, 0.1) is 10.1 Å². The molecule has 20 heavy (non-hydrogen) atoms. The van der Waals surface area contributed by atoms with E-state index in [1.807, 2.05) is 0 Å². The first-order chi connectivity index (χ1) is 9.58. The number of nitrogens with two attached hydrogens (primary N) is 1.